The Bertz CT molecular complexity index is 563. The van der Waals surface area contributed by atoms with Crippen LogP contribution in [0.2, 0.25) is 0 Å². The van der Waals surface area contributed by atoms with Crippen LogP contribution in [0.25, 0.3) is 0 Å². The maximum absolute atomic E-state index is 9.59. The summed E-state index contributed by atoms with van der Waals surface area (Å²) >= 11 is 0. The summed E-state index contributed by atoms with van der Waals surface area (Å²) in [7, 11) is 0. The molecule has 1 atom stereocenters. The van der Waals surface area contributed by atoms with Crippen molar-refractivity contribution < 1.29 is 5.11 Å². The van der Waals surface area contributed by atoms with E-state index >= 15 is 0 Å². The molecule has 86 valence electrons. The van der Waals surface area contributed by atoms with E-state index in [0.717, 1.165) is 6.54 Å². The summed E-state index contributed by atoms with van der Waals surface area (Å²) in [5, 5.41) is 13.1. The van der Waals surface area contributed by atoms with Gasteiger partial charge in [0.2, 0.25) is 0 Å². The lowest BCUT2D eigenvalue weighted by molar-refractivity contribution is 0.474. The molecular formula is C15H15NO. The summed E-state index contributed by atoms with van der Waals surface area (Å²) in [5.74, 6) is 0.338. The highest BCUT2D eigenvalue weighted by Crippen LogP contribution is 2.33. The molecule has 0 spiro atoms. The van der Waals surface area contributed by atoms with Gasteiger partial charge in [-0.25, -0.2) is 0 Å². The minimum atomic E-state index is 0.206. The van der Waals surface area contributed by atoms with Crippen LogP contribution in [0, 0.1) is 6.92 Å². The predicted octanol–water partition coefficient (Wildman–Crippen LogP) is 2.89. The van der Waals surface area contributed by atoms with E-state index in [1.165, 1.54) is 22.3 Å². The smallest absolute Gasteiger partial charge is 0.115 e. The molecule has 0 saturated carbocycles. The standard InChI is InChI=1S/C15H15NO/c1-10-3-2-4-11(7-10)15-14-8-13(17)6-5-12(14)9-16-15/h2-8,15-17H,9H2,1H3. The predicted molar refractivity (Wildman–Crippen MR) is 68.0 cm³/mol. The number of aryl methyl sites for hydroxylation is 1. The zero-order valence-electron chi connectivity index (χ0n) is 9.77. The molecule has 2 nitrogen and oxygen atoms in total. The molecule has 1 unspecified atom stereocenters. The Kier molecular flexibility index (Phi) is 2.37. The molecular weight excluding hydrogens is 210 g/mol. The van der Waals surface area contributed by atoms with Gasteiger partial charge in [0, 0.05) is 6.54 Å². The first kappa shape index (κ1) is 10.4. The van der Waals surface area contributed by atoms with Crippen LogP contribution in [0.3, 0.4) is 0 Å². The lowest BCUT2D eigenvalue weighted by Gasteiger charge is -2.13. The number of phenols is 1. The van der Waals surface area contributed by atoms with Crippen LogP contribution in [0.4, 0.5) is 0 Å². The van der Waals surface area contributed by atoms with E-state index in [9.17, 15) is 5.11 Å². The van der Waals surface area contributed by atoms with Crippen molar-refractivity contribution in [2.24, 2.45) is 0 Å². The molecule has 2 aromatic carbocycles. The highest BCUT2D eigenvalue weighted by atomic mass is 16.3. The Hall–Kier alpha value is -1.80. The summed E-state index contributed by atoms with van der Waals surface area (Å²) in [6.07, 6.45) is 0. The Morgan fingerprint density at radius 2 is 2.06 bits per heavy atom. The van der Waals surface area contributed by atoms with Crippen molar-refractivity contribution in [3.05, 3.63) is 64.7 Å². The third-order valence-electron chi connectivity index (χ3n) is 3.31. The second kappa shape index (κ2) is 3.90. The van der Waals surface area contributed by atoms with Crippen molar-refractivity contribution in [3.8, 4) is 5.75 Å². The van der Waals surface area contributed by atoms with E-state index in [0.29, 0.717) is 5.75 Å². The number of rotatable bonds is 1. The number of benzene rings is 2. The average Bonchev–Trinajstić information content (AvgIpc) is 2.71. The van der Waals surface area contributed by atoms with Crippen LogP contribution in [-0.2, 0) is 6.54 Å². The third-order valence-corrected chi connectivity index (χ3v) is 3.31. The molecule has 0 aliphatic carbocycles. The minimum absolute atomic E-state index is 0.206. The lowest BCUT2D eigenvalue weighted by atomic mass is 9.97. The maximum Gasteiger partial charge on any atom is 0.115 e. The van der Waals surface area contributed by atoms with Gasteiger partial charge in [0.05, 0.1) is 6.04 Å². The molecule has 17 heavy (non-hydrogen) atoms. The van der Waals surface area contributed by atoms with Gasteiger partial charge in [-0.05, 0) is 35.7 Å². The molecule has 1 aliphatic rings. The van der Waals surface area contributed by atoms with Gasteiger partial charge >= 0.3 is 0 Å². The fourth-order valence-corrected chi connectivity index (χ4v) is 2.48. The third kappa shape index (κ3) is 1.81. The van der Waals surface area contributed by atoms with Crippen molar-refractivity contribution in [3.63, 3.8) is 0 Å². The van der Waals surface area contributed by atoms with Crippen LogP contribution < -0.4 is 5.32 Å². The molecule has 0 aromatic heterocycles. The molecule has 0 fully saturated rings. The molecule has 0 amide bonds. The number of hydrogen-bond donors (Lipinski definition) is 2. The number of aromatic hydroxyl groups is 1. The molecule has 2 heteroatoms. The largest absolute Gasteiger partial charge is 0.508 e. The molecule has 0 saturated heterocycles. The molecule has 0 radical (unpaired) electrons. The topological polar surface area (TPSA) is 32.3 Å². The van der Waals surface area contributed by atoms with Crippen LogP contribution in [-0.4, -0.2) is 5.11 Å². The Morgan fingerprint density at radius 1 is 1.18 bits per heavy atom. The number of fused-ring (bicyclic) bond motifs is 1. The molecule has 2 N–H and O–H groups in total. The first-order valence-corrected chi connectivity index (χ1v) is 5.86. The summed E-state index contributed by atoms with van der Waals surface area (Å²) in [4.78, 5) is 0. The summed E-state index contributed by atoms with van der Waals surface area (Å²) in [6, 6.07) is 14.3. The molecule has 1 aliphatic heterocycles. The minimum Gasteiger partial charge on any atom is -0.508 e. The SMILES string of the molecule is Cc1cccc(C2NCc3ccc(O)cc32)c1. The van der Waals surface area contributed by atoms with Gasteiger partial charge < -0.3 is 10.4 Å². The van der Waals surface area contributed by atoms with E-state index in [4.69, 9.17) is 0 Å². The zero-order valence-corrected chi connectivity index (χ0v) is 9.77. The fourth-order valence-electron chi connectivity index (χ4n) is 2.48. The lowest BCUT2D eigenvalue weighted by Crippen LogP contribution is -2.13. The van der Waals surface area contributed by atoms with Gasteiger partial charge in [0.25, 0.3) is 0 Å². The summed E-state index contributed by atoms with van der Waals surface area (Å²) < 4.78 is 0. The van der Waals surface area contributed by atoms with E-state index < -0.39 is 0 Å². The van der Waals surface area contributed by atoms with E-state index in [1.54, 1.807) is 6.07 Å². The average molecular weight is 225 g/mol. The van der Waals surface area contributed by atoms with Crippen LogP contribution in [0.1, 0.15) is 28.3 Å². The molecule has 3 rings (SSSR count). The highest BCUT2D eigenvalue weighted by molar-refractivity contribution is 5.45. The van der Waals surface area contributed by atoms with Crippen molar-refractivity contribution in [1.82, 2.24) is 5.32 Å². The first-order chi connectivity index (χ1) is 8.24. The Balaban J connectivity index is 2.06. The Labute approximate surface area is 101 Å². The van der Waals surface area contributed by atoms with E-state index in [2.05, 4.69) is 36.5 Å². The molecule has 0 bridgehead atoms. The summed E-state index contributed by atoms with van der Waals surface area (Å²) in [6.45, 7) is 2.97. The fraction of sp³-hybridized carbons (Fsp3) is 0.200. The van der Waals surface area contributed by atoms with E-state index in [1.807, 2.05) is 12.1 Å². The van der Waals surface area contributed by atoms with Crippen molar-refractivity contribution >= 4 is 0 Å². The van der Waals surface area contributed by atoms with Gasteiger partial charge in [0.1, 0.15) is 5.75 Å². The van der Waals surface area contributed by atoms with Crippen molar-refractivity contribution in [2.45, 2.75) is 19.5 Å². The van der Waals surface area contributed by atoms with Gasteiger partial charge in [-0.2, -0.15) is 0 Å². The second-order valence-electron chi connectivity index (χ2n) is 4.61. The summed E-state index contributed by atoms with van der Waals surface area (Å²) in [5.41, 5.74) is 4.98. The molecule has 1 heterocycles. The van der Waals surface area contributed by atoms with Crippen LogP contribution >= 0.6 is 0 Å². The zero-order chi connectivity index (χ0) is 11.8. The quantitative estimate of drug-likeness (QED) is 0.782. The van der Waals surface area contributed by atoms with Crippen molar-refractivity contribution in [2.75, 3.05) is 0 Å². The highest BCUT2D eigenvalue weighted by Gasteiger charge is 2.23. The number of nitrogens with one attached hydrogen (secondary N) is 1. The Morgan fingerprint density at radius 3 is 2.88 bits per heavy atom. The molecule has 2 aromatic rings. The van der Waals surface area contributed by atoms with Crippen molar-refractivity contribution in [1.29, 1.82) is 0 Å². The number of hydrogen-bond acceptors (Lipinski definition) is 2. The van der Waals surface area contributed by atoms with Gasteiger partial charge in [-0.1, -0.05) is 35.9 Å². The number of phenolic OH excluding ortho intramolecular Hbond substituents is 1. The first-order valence-electron chi connectivity index (χ1n) is 5.86. The van der Waals surface area contributed by atoms with Gasteiger partial charge in [-0.3, -0.25) is 0 Å². The monoisotopic (exact) mass is 225 g/mol. The normalized spacial score (nSPS) is 18.1. The maximum atomic E-state index is 9.59. The van der Waals surface area contributed by atoms with Crippen LogP contribution in [0.15, 0.2) is 42.5 Å². The van der Waals surface area contributed by atoms with E-state index in [-0.39, 0.29) is 6.04 Å². The van der Waals surface area contributed by atoms with Gasteiger partial charge in [0.15, 0.2) is 0 Å². The second-order valence-corrected chi connectivity index (χ2v) is 4.61. The van der Waals surface area contributed by atoms with Gasteiger partial charge in [-0.15, -0.1) is 0 Å². The van der Waals surface area contributed by atoms with Crippen LogP contribution in [0.5, 0.6) is 5.75 Å².